The van der Waals surface area contributed by atoms with Crippen molar-refractivity contribution in [3.8, 4) is 0 Å². The van der Waals surface area contributed by atoms with Gasteiger partial charge in [0.25, 0.3) is 5.56 Å². The summed E-state index contributed by atoms with van der Waals surface area (Å²) in [5.74, 6) is 0.590. The zero-order chi connectivity index (χ0) is 13.8. The summed E-state index contributed by atoms with van der Waals surface area (Å²) in [6.07, 6.45) is 0. The summed E-state index contributed by atoms with van der Waals surface area (Å²) in [5, 5.41) is 1.17. The van der Waals surface area contributed by atoms with Gasteiger partial charge in [-0.2, -0.15) is 0 Å². The normalized spacial score (nSPS) is 10.6. The molecular weight excluding hydrogens is 290 g/mol. The Balaban J connectivity index is 2.29. The van der Waals surface area contributed by atoms with Gasteiger partial charge in [-0.1, -0.05) is 11.6 Å². The molecule has 0 fully saturated rings. The van der Waals surface area contributed by atoms with Crippen LogP contribution in [0.15, 0.2) is 27.1 Å². The van der Waals surface area contributed by atoms with Crippen LogP contribution in [-0.4, -0.2) is 27.0 Å². The topological polar surface area (TPSA) is 107 Å². The number of hydrogen-bond donors (Lipinski definition) is 2. The first-order chi connectivity index (χ1) is 9.06. The first-order valence-corrected chi connectivity index (χ1v) is 6.33. The Morgan fingerprint density at radius 2 is 2.21 bits per heavy atom. The number of nitrogens with zero attached hydrogens (tertiary/aromatic N) is 3. The van der Waals surface area contributed by atoms with E-state index >= 15 is 0 Å². The van der Waals surface area contributed by atoms with Crippen molar-refractivity contribution < 1.29 is 4.74 Å². The molecule has 2 rings (SSSR count). The first-order valence-electron chi connectivity index (χ1n) is 5.14. The minimum Gasteiger partial charge on any atom is -0.383 e. The number of nitrogens with one attached hydrogen (secondary N) is 1. The summed E-state index contributed by atoms with van der Waals surface area (Å²) in [4.78, 5) is 26.0. The van der Waals surface area contributed by atoms with E-state index in [4.69, 9.17) is 22.1 Å². The predicted octanol–water partition coefficient (Wildman–Crippen LogP) is 1.09. The maximum Gasteiger partial charge on any atom is 0.253 e. The SMILES string of the molecule is COCc1nc(Cl)cc(Sc2nc(N)cc(=O)[nH]2)n1. The lowest BCUT2D eigenvalue weighted by Gasteiger charge is -2.04. The summed E-state index contributed by atoms with van der Waals surface area (Å²) in [6, 6.07) is 2.77. The number of nitrogens with two attached hydrogens (primary N) is 1. The molecule has 0 radical (unpaired) electrons. The van der Waals surface area contributed by atoms with Gasteiger partial charge in [-0.15, -0.1) is 0 Å². The van der Waals surface area contributed by atoms with E-state index in [1.54, 1.807) is 6.07 Å². The Hall–Kier alpha value is -1.64. The maximum absolute atomic E-state index is 11.3. The summed E-state index contributed by atoms with van der Waals surface area (Å²) >= 11 is 7.01. The number of aromatic amines is 1. The van der Waals surface area contributed by atoms with Gasteiger partial charge in [-0.3, -0.25) is 4.79 Å². The standard InChI is InChI=1S/C10H10ClN5O2S/c1-18-4-7-13-5(11)2-9(15-7)19-10-14-6(12)3-8(17)16-10/h2-3H,4H2,1H3,(H3,12,14,16,17). The fourth-order valence-corrected chi connectivity index (χ4v) is 2.38. The lowest BCUT2D eigenvalue weighted by Crippen LogP contribution is -2.09. The van der Waals surface area contributed by atoms with Crippen molar-refractivity contribution >= 4 is 29.2 Å². The van der Waals surface area contributed by atoms with E-state index in [1.807, 2.05) is 0 Å². The largest absolute Gasteiger partial charge is 0.383 e. The number of halogens is 1. The lowest BCUT2D eigenvalue weighted by atomic mass is 10.6. The number of H-pyrrole nitrogens is 1. The number of hydrogen-bond acceptors (Lipinski definition) is 7. The molecule has 0 atom stereocenters. The molecule has 2 aromatic heterocycles. The van der Waals surface area contributed by atoms with Gasteiger partial charge in [0.05, 0.1) is 0 Å². The smallest absolute Gasteiger partial charge is 0.253 e. The van der Waals surface area contributed by atoms with Crippen LogP contribution in [0.3, 0.4) is 0 Å². The molecule has 0 saturated heterocycles. The van der Waals surface area contributed by atoms with Gasteiger partial charge in [0.1, 0.15) is 22.6 Å². The second-order valence-corrected chi connectivity index (χ2v) is 4.85. The Morgan fingerprint density at radius 3 is 2.89 bits per heavy atom. The summed E-state index contributed by atoms with van der Waals surface area (Å²) in [6.45, 7) is 0.245. The molecule has 100 valence electrons. The number of methoxy groups -OCH3 is 1. The molecule has 0 aromatic carbocycles. The molecule has 0 amide bonds. The van der Waals surface area contributed by atoms with Crippen LogP contribution in [0.4, 0.5) is 5.82 Å². The average Bonchev–Trinajstić information content (AvgIpc) is 2.26. The van der Waals surface area contributed by atoms with Crippen molar-refractivity contribution in [2.24, 2.45) is 0 Å². The number of aromatic nitrogens is 4. The quantitative estimate of drug-likeness (QED) is 0.643. The number of ether oxygens (including phenoxy) is 1. The van der Waals surface area contributed by atoms with E-state index < -0.39 is 0 Å². The molecule has 9 heteroatoms. The van der Waals surface area contributed by atoms with Crippen molar-refractivity contribution in [1.29, 1.82) is 0 Å². The third-order valence-corrected chi connectivity index (χ3v) is 2.93. The maximum atomic E-state index is 11.3. The summed E-state index contributed by atoms with van der Waals surface area (Å²) in [5.41, 5.74) is 5.17. The fraction of sp³-hybridized carbons (Fsp3) is 0.200. The van der Waals surface area contributed by atoms with Crippen LogP contribution in [0.5, 0.6) is 0 Å². The monoisotopic (exact) mass is 299 g/mol. The minimum absolute atomic E-state index is 0.142. The molecule has 7 nitrogen and oxygen atoms in total. The summed E-state index contributed by atoms with van der Waals surface area (Å²) in [7, 11) is 1.54. The highest BCUT2D eigenvalue weighted by Gasteiger charge is 2.07. The van der Waals surface area contributed by atoms with Gasteiger partial charge < -0.3 is 15.5 Å². The molecule has 0 spiro atoms. The number of nitrogen functional groups attached to an aromatic ring is 1. The van der Waals surface area contributed by atoms with E-state index in [9.17, 15) is 4.79 Å². The van der Waals surface area contributed by atoms with Gasteiger partial charge >= 0.3 is 0 Å². The molecule has 2 heterocycles. The highest BCUT2D eigenvalue weighted by atomic mass is 35.5. The number of anilines is 1. The molecule has 0 aliphatic carbocycles. The van der Waals surface area contributed by atoms with E-state index in [1.165, 1.54) is 13.2 Å². The van der Waals surface area contributed by atoms with E-state index in [-0.39, 0.29) is 23.1 Å². The fourth-order valence-electron chi connectivity index (χ4n) is 1.29. The minimum atomic E-state index is -0.327. The second-order valence-electron chi connectivity index (χ2n) is 3.46. The average molecular weight is 300 g/mol. The van der Waals surface area contributed by atoms with Crippen molar-refractivity contribution in [2.75, 3.05) is 12.8 Å². The lowest BCUT2D eigenvalue weighted by molar-refractivity contribution is 0.177. The molecule has 19 heavy (non-hydrogen) atoms. The second kappa shape index (κ2) is 6.00. The van der Waals surface area contributed by atoms with E-state index in [0.29, 0.717) is 16.0 Å². The highest BCUT2D eigenvalue weighted by molar-refractivity contribution is 7.99. The molecule has 2 aromatic rings. The van der Waals surface area contributed by atoms with Gasteiger partial charge in [-0.05, 0) is 11.8 Å². The highest BCUT2D eigenvalue weighted by Crippen LogP contribution is 2.24. The van der Waals surface area contributed by atoms with Crippen LogP contribution in [0, 0.1) is 0 Å². The molecule has 0 aliphatic rings. The predicted molar refractivity (Wildman–Crippen MR) is 71.1 cm³/mol. The molecule has 0 bridgehead atoms. The third kappa shape index (κ3) is 3.91. The Kier molecular flexibility index (Phi) is 4.35. The van der Waals surface area contributed by atoms with E-state index in [2.05, 4.69) is 19.9 Å². The summed E-state index contributed by atoms with van der Waals surface area (Å²) < 4.78 is 4.94. The van der Waals surface area contributed by atoms with Crippen molar-refractivity contribution in [1.82, 2.24) is 19.9 Å². The van der Waals surface area contributed by atoms with Crippen LogP contribution in [0.25, 0.3) is 0 Å². The zero-order valence-corrected chi connectivity index (χ0v) is 11.5. The molecule has 0 aliphatic heterocycles. The van der Waals surface area contributed by atoms with Gasteiger partial charge in [0.15, 0.2) is 11.0 Å². The molecular formula is C10H10ClN5O2S. The molecule has 0 saturated carbocycles. The van der Waals surface area contributed by atoms with Crippen LogP contribution in [-0.2, 0) is 11.3 Å². The Bertz CT molecular complexity index is 648. The van der Waals surface area contributed by atoms with E-state index in [0.717, 1.165) is 11.8 Å². The van der Waals surface area contributed by atoms with Gasteiger partial charge in [-0.25, -0.2) is 15.0 Å². The zero-order valence-electron chi connectivity index (χ0n) is 9.88. The first kappa shape index (κ1) is 13.8. The van der Waals surface area contributed by atoms with Crippen LogP contribution in [0.1, 0.15) is 5.82 Å². The third-order valence-electron chi connectivity index (χ3n) is 1.93. The van der Waals surface area contributed by atoms with Gasteiger partial charge in [0.2, 0.25) is 0 Å². The van der Waals surface area contributed by atoms with Crippen molar-refractivity contribution in [2.45, 2.75) is 16.8 Å². The van der Waals surface area contributed by atoms with Crippen molar-refractivity contribution in [3.63, 3.8) is 0 Å². The Morgan fingerprint density at radius 1 is 1.42 bits per heavy atom. The van der Waals surface area contributed by atoms with Crippen LogP contribution < -0.4 is 11.3 Å². The number of rotatable bonds is 4. The van der Waals surface area contributed by atoms with Gasteiger partial charge in [0, 0.05) is 19.2 Å². The van der Waals surface area contributed by atoms with Crippen LogP contribution >= 0.6 is 23.4 Å². The molecule has 0 unspecified atom stereocenters. The van der Waals surface area contributed by atoms with Crippen LogP contribution in [0.2, 0.25) is 5.15 Å². The van der Waals surface area contributed by atoms with Crippen molar-refractivity contribution in [3.05, 3.63) is 33.5 Å². The molecule has 3 N–H and O–H groups in total. The Labute approximate surface area is 117 Å².